The van der Waals surface area contributed by atoms with E-state index in [0.717, 1.165) is 11.1 Å². The molecule has 7 heteroatoms. The molecule has 0 saturated carbocycles. The summed E-state index contributed by atoms with van der Waals surface area (Å²) in [5, 5.41) is 8.10. The summed E-state index contributed by atoms with van der Waals surface area (Å²) in [7, 11) is 0. The van der Waals surface area contributed by atoms with Crippen molar-refractivity contribution < 1.29 is 19.2 Å². The average Bonchev–Trinajstić information content (AvgIpc) is 2.96. The SMILES string of the molecule is CC#CCC(=O)NCCC(=O)[C@@H](c1ccccc1)C(C)C.CC#CCC(=O)NCNC(=O)[C@H](c1ccccc1)C(C)C. The number of hydrogen-bond acceptors (Lipinski definition) is 4. The Labute approximate surface area is 251 Å². The van der Waals surface area contributed by atoms with Gasteiger partial charge in [-0.2, -0.15) is 0 Å². The summed E-state index contributed by atoms with van der Waals surface area (Å²) in [5.74, 6) is 10.6. The highest BCUT2D eigenvalue weighted by atomic mass is 16.2. The second-order valence-electron chi connectivity index (χ2n) is 10.4. The van der Waals surface area contributed by atoms with Crippen molar-refractivity contribution in [3.63, 3.8) is 0 Å². The van der Waals surface area contributed by atoms with Crippen LogP contribution in [-0.4, -0.2) is 36.7 Å². The van der Waals surface area contributed by atoms with Crippen molar-refractivity contribution in [2.24, 2.45) is 11.8 Å². The lowest BCUT2D eigenvalue weighted by atomic mass is 9.84. The van der Waals surface area contributed by atoms with Crippen LogP contribution in [0.2, 0.25) is 0 Å². The van der Waals surface area contributed by atoms with Crippen molar-refractivity contribution in [3.05, 3.63) is 71.8 Å². The molecule has 0 aromatic heterocycles. The number of carbonyl (C=O) groups is 4. The number of amides is 3. The molecule has 0 bridgehead atoms. The summed E-state index contributed by atoms with van der Waals surface area (Å²) < 4.78 is 0. The molecule has 42 heavy (non-hydrogen) atoms. The number of carbonyl (C=O) groups excluding carboxylic acids is 4. The van der Waals surface area contributed by atoms with Gasteiger partial charge in [-0.25, -0.2) is 0 Å². The third kappa shape index (κ3) is 13.8. The third-order valence-corrected chi connectivity index (χ3v) is 6.37. The maximum absolute atomic E-state index is 12.4. The normalized spacial score (nSPS) is 11.3. The van der Waals surface area contributed by atoms with Crippen LogP contribution in [0.4, 0.5) is 0 Å². The van der Waals surface area contributed by atoms with Crippen molar-refractivity contribution in [1.29, 1.82) is 0 Å². The number of benzene rings is 2. The number of hydrogen-bond donors (Lipinski definition) is 3. The van der Waals surface area contributed by atoms with Gasteiger partial charge in [0, 0.05) is 18.9 Å². The minimum atomic E-state index is -0.224. The van der Waals surface area contributed by atoms with Crippen LogP contribution in [0.5, 0.6) is 0 Å². The zero-order chi connectivity index (χ0) is 31.3. The van der Waals surface area contributed by atoms with Crippen LogP contribution in [0.1, 0.15) is 83.8 Å². The van der Waals surface area contributed by atoms with Crippen LogP contribution in [-0.2, 0) is 19.2 Å². The molecule has 2 aromatic carbocycles. The molecule has 0 spiro atoms. The number of Topliss-reactive ketones (excluding diaryl/α,β-unsaturated/α-hetero) is 1. The zero-order valence-electron chi connectivity index (χ0n) is 25.8. The summed E-state index contributed by atoms with van der Waals surface area (Å²) in [6.45, 7) is 12.0. The summed E-state index contributed by atoms with van der Waals surface area (Å²) in [4.78, 5) is 47.5. The van der Waals surface area contributed by atoms with Crippen molar-refractivity contribution >= 4 is 23.5 Å². The summed E-state index contributed by atoms with van der Waals surface area (Å²) in [5.41, 5.74) is 2.02. The molecule has 0 radical (unpaired) electrons. The van der Waals surface area contributed by atoms with Crippen LogP contribution >= 0.6 is 0 Å². The smallest absolute Gasteiger partial charge is 0.233 e. The van der Waals surface area contributed by atoms with Gasteiger partial charge in [0.15, 0.2) is 0 Å². The Morgan fingerprint density at radius 1 is 0.643 bits per heavy atom. The highest BCUT2D eigenvalue weighted by molar-refractivity contribution is 5.87. The molecule has 3 amide bonds. The Bertz CT molecular complexity index is 1150. The zero-order valence-corrected chi connectivity index (χ0v) is 25.8. The molecule has 0 saturated heterocycles. The van der Waals surface area contributed by atoms with E-state index in [4.69, 9.17) is 0 Å². The first-order valence-electron chi connectivity index (χ1n) is 14.3. The maximum Gasteiger partial charge on any atom is 0.233 e. The van der Waals surface area contributed by atoms with Crippen molar-refractivity contribution in [2.75, 3.05) is 13.2 Å². The predicted octanol–water partition coefficient (Wildman–Crippen LogP) is 4.94. The second kappa shape index (κ2) is 20.5. The molecule has 3 N–H and O–H groups in total. The maximum atomic E-state index is 12.4. The molecule has 7 nitrogen and oxygen atoms in total. The largest absolute Gasteiger partial charge is 0.355 e. The van der Waals surface area contributed by atoms with E-state index in [2.05, 4.69) is 39.6 Å². The first-order chi connectivity index (χ1) is 20.1. The van der Waals surface area contributed by atoms with E-state index in [1.165, 1.54) is 0 Å². The molecule has 2 rings (SSSR count). The van der Waals surface area contributed by atoms with Crippen molar-refractivity contribution in [3.8, 4) is 23.7 Å². The number of ketones is 1. The molecule has 0 aliphatic rings. The Kier molecular flexibility index (Phi) is 17.4. The van der Waals surface area contributed by atoms with Crippen LogP contribution in [0, 0.1) is 35.5 Å². The third-order valence-electron chi connectivity index (χ3n) is 6.37. The van der Waals surface area contributed by atoms with E-state index in [1.807, 2.05) is 88.4 Å². The molecule has 0 aliphatic heterocycles. The minimum absolute atomic E-state index is 0.0851. The average molecular weight is 572 g/mol. The van der Waals surface area contributed by atoms with Crippen molar-refractivity contribution in [2.45, 2.75) is 72.6 Å². The van der Waals surface area contributed by atoms with Gasteiger partial charge in [-0.1, -0.05) is 100 Å². The van der Waals surface area contributed by atoms with E-state index in [1.54, 1.807) is 13.8 Å². The highest BCUT2D eigenvalue weighted by Gasteiger charge is 2.24. The van der Waals surface area contributed by atoms with Gasteiger partial charge in [-0.15, -0.1) is 11.8 Å². The fourth-order valence-corrected chi connectivity index (χ4v) is 4.39. The first kappa shape index (κ1) is 35.7. The van der Waals surface area contributed by atoms with E-state index in [0.29, 0.717) is 13.0 Å². The molecule has 0 heterocycles. The Balaban J connectivity index is 0.000000420. The van der Waals surface area contributed by atoms with Gasteiger partial charge in [0.1, 0.15) is 5.78 Å². The van der Waals surface area contributed by atoms with Crippen molar-refractivity contribution in [1.82, 2.24) is 16.0 Å². The van der Waals surface area contributed by atoms with Gasteiger partial charge in [-0.05, 0) is 36.8 Å². The second-order valence-corrected chi connectivity index (χ2v) is 10.4. The van der Waals surface area contributed by atoms with E-state index < -0.39 is 0 Å². The van der Waals surface area contributed by atoms with Gasteiger partial charge < -0.3 is 16.0 Å². The topological polar surface area (TPSA) is 104 Å². The predicted molar refractivity (Wildman–Crippen MR) is 168 cm³/mol. The van der Waals surface area contributed by atoms with E-state index in [-0.39, 0.29) is 66.7 Å². The van der Waals surface area contributed by atoms with Gasteiger partial charge in [-0.3, -0.25) is 19.2 Å². The molecule has 0 fully saturated rings. The monoisotopic (exact) mass is 571 g/mol. The lowest BCUT2D eigenvalue weighted by Crippen LogP contribution is -2.40. The summed E-state index contributed by atoms with van der Waals surface area (Å²) in [6.07, 6.45) is 0.693. The molecule has 0 aliphatic carbocycles. The fourth-order valence-electron chi connectivity index (χ4n) is 4.39. The van der Waals surface area contributed by atoms with Crippen LogP contribution in [0.15, 0.2) is 60.7 Å². The standard InChI is InChI=1S/C18H23NO2.C17H22N2O2/c1-4-5-11-17(21)19-13-12-16(20)18(14(2)3)15-9-7-6-8-10-15;1-4-5-11-15(20)18-12-19-17(21)16(13(2)3)14-9-7-6-8-10-14/h6-10,14,18H,11-13H2,1-3H3,(H,19,21);6-10,13,16H,11-12H2,1-3H3,(H,18,20)(H,19,21)/t18-;16-/m10/s1. The molecular weight excluding hydrogens is 526 g/mol. The van der Waals surface area contributed by atoms with Gasteiger partial charge >= 0.3 is 0 Å². The molecule has 0 unspecified atom stereocenters. The van der Waals surface area contributed by atoms with Gasteiger partial charge in [0.05, 0.1) is 25.4 Å². The van der Waals surface area contributed by atoms with Crippen LogP contribution < -0.4 is 16.0 Å². The Hall–Kier alpha value is -4.36. The highest BCUT2D eigenvalue weighted by Crippen LogP contribution is 2.26. The fraction of sp³-hybridized carbons (Fsp3) is 0.429. The molecule has 224 valence electrons. The number of nitrogens with one attached hydrogen (secondary N) is 3. The quantitative estimate of drug-likeness (QED) is 0.234. The van der Waals surface area contributed by atoms with Crippen LogP contribution in [0.3, 0.4) is 0 Å². The summed E-state index contributed by atoms with van der Waals surface area (Å²) in [6, 6.07) is 19.5. The minimum Gasteiger partial charge on any atom is -0.355 e. The molecule has 2 aromatic rings. The van der Waals surface area contributed by atoms with E-state index >= 15 is 0 Å². The lowest BCUT2D eigenvalue weighted by molar-refractivity contribution is -0.125. The summed E-state index contributed by atoms with van der Waals surface area (Å²) >= 11 is 0. The van der Waals surface area contributed by atoms with Gasteiger partial charge in [0.2, 0.25) is 17.7 Å². The number of rotatable bonds is 13. The van der Waals surface area contributed by atoms with Crippen LogP contribution in [0.25, 0.3) is 0 Å². The van der Waals surface area contributed by atoms with Gasteiger partial charge in [0.25, 0.3) is 0 Å². The Morgan fingerprint density at radius 2 is 1.10 bits per heavy atom. The Morgan fingerprint density at radius 3 is 1.55 bits per heavy atom. The van der Waals surface area contributed by atoms with E-state index in [9.17, 15) is 19.2 Å². The first-order valence-corrected chi connectivity index (χ1v) is 14.3. The lowest BCUT2D eigenvalue weighted by Gasteiger charge is -2.20. The molecular formula is C35H45N3O4. The molecule has 2 atom stereocenters.